The summed E-state index contributed by atoms with van der Waals surface area (Å²) in [5.74, 6) is -0.987. The highest BCUT2D eigenvalue weighted by molar-refractivity contribution is 5.87. The van der Waals surface area contributed by atoms with Crippen LogP contribution in [0.4, 0.5) is 0 Å². The highest BCUT2D eigenvalue weighted by atomic mass is 16.4. The summed E-state index contributed by atoms with van der Waals surface area (Å²) >= 11 is 0. The summed E-state index contributed by atoms with van der Waals surface area (Å²) in [7, 11) is 0. The third-order valence-electron chi connectivity index (χ3n) is 4.95. The summed E-state index contributed by atoms with van der Waals surface area (Å²) in [4.78, 5) is 23.8. The summed E-state index contributed by atoms with van der Waals surface area (Å²) in [5.41, 5.74) is 4.49. The van der Waals surface area contributed by atoms with Crippen molar-refractivity contribution in [3.05, 3.63) is 0 Å². The first-order valence-corrected chi connectivity index (χ1v) is 7.22. The van der Waals surface area contributed by atoms with Gasteiger partial charge in [0, 0.05) is 6.04 Å². The van der Waals surface area contributed by atoms with Crippen LogP contribution in [-0.2, 0) is 9.59 Å². The number of rotatable bonds is 3. The minimum absolute atomic E-state index is 0.163. The first-order valence-electron chi connectivity index (χ1n) is 7.22. The largest absolute Gasteiger partial charge is 0.481 e. The molecule has 0 spiro atoms. The SMILES string of the molecule is CC1(C(=O)O)CCCCC1NC(=O)C1(N)CCCC1. The molecule has 0 radical (unpaired) electrons. The van der Waals surface area contributed by atoms with Gasteiger partial charge in [0.1, 0.15) is 0 Å². The molecule has 0 aliphatic heterocycles. The second kappa shape index (κ2) is 5.12. The Morgan fingerprint density at radius 1 is 1.16 bits per heavy atom. The van der Waals surface area contributed by atoms with Crippen LogP contribution < -0.4 is 11.1 Å². The van der Waals surface area contributed by atoms with Crippen molar-refractivity contribution in [1.29, 1.82) is 0 Å². The van der Waals surface area contributed by atoms with Crippen molar-refractivity contribution in [3.8, 4) is 0 Å². The van der Waals surface area contributed by atoms with Gasteiger partial charge in [0.05, 0.1) is 11.0 Å². The Balaban J connectivity index is 2.08. The van der Waals surface area contributed by atoms with E-state index in [2.05, 4.69) is 5.32 Å². The zero-order valence-corrected chi connectivity index (χ0v) is 11.6. The Morgan fingerprint density at radius 3 is 2.32 bits per heavy atom. The Labute approximate surface area is 113 Å². The number of hydrogen-bond donors (Lipinski definition) is 3. The molecule has 108 valence electrons. The molecule has 5 nitrogen and oxygen atoms in total. The highest BCUT2D eigenvalue weighted by Gasteiger charge is 2.46. The van der Waals surface area contributed by atoms with Crippen LogP contribution in [0.15, 0.2) is 0 Å². The van der Waals surface area contributed by atoms with Crippen molar-refractivity contribution < 1.29 is 14.7 Å². The van der Waals surface area contributed by atoms with E-state index in [0.29, 0.717) is 19.3 Å². The van der Waals surface area contributed by atoms with Crippen LogP contribution in [0.1, 0.15) is 58.3 Å². The fraction of sp³-hybridized carbons (Fsp3) is 0.857. The van der Waals surface area contributed by atoms with Crippen molar-refractivity contribution in [3.63, 3.8) is 0 Å². The quantitative estimate of drug-likeness (QED) is 0.721. The summed E-state index contributed by atoms with van der Waals surface area (Å²) in [6.07, 6.45) is 6.57. The smallest absolute Gasteiger partial charge is 0.311 e. The van der Waals surface area contributed by atoms with Gasteiger partial charge in [0.25, 0.3) is 0 Å². The van der Waals surface area contributed by atoms with Gasteiger partial charge in [-0.3, -0.25) is 9.59 Å². The molecule has 4 N–H and O–H groups in total. The maximum absolute atomic E-state index is 12.3. The van der Waals surface area contributed by atoms with Crippen molar-refractivity contribution in [1.82, 2.24) is 5.32 Å². The van der Waals surface area contributed by atoms with E-state index < -0.39 is 16.9 Å². The predicted molar refractivity (Wildman–Crippen MR) is 71.5 cm³/mol. The van der Waals surface area contributed by atoms with Gasteiger partial charge in [0.2, 0.25) is 5.91 Å². The molecule has 2 fully saturated rings. The summed E-state index contributed by atoms with van der Waals surface area (Å²) in [6, 6.07) is -0.299. The van der Waals surface area contributed by atoms with E-state index in [1.54, 1.807) is 6.92 Å². The number of amides is 1. The van der Waals surface area contributed by atoms with E-state index in [-0.39, 0.29) is 11.9 Å². The average molecular weight is 268 g/mol. The lowest BCUT2D eigenvalue weighted by Gasteiger charge is -2.39. The third-order valence-corrected chi connectivity index (χ3v) is 4.95. The minimum Gasteiger partial charge on any atom is -0.481 e. The van der Waals surface area contributed by atoms with E-state index >= 15 is 0 Å². The molecule has 2 saturated carbocycles. The molecular weight excluding hydrogens is 244 g/mol. The molecule has 2 unspecified atom stereocenters. The second-order valence-electron chi connectivity index (χ2n) is 6.36. The maximum Gasteiger partial charge on any atom is 0.311 e. The van der Waals surface area contributed by atoms with E-state index in [0.717, 1.165) is 32.1 Å². The van der Waals surface area contributed by atoms with Gasteiger partial charge in [-0.25, -0.2) is 0 Å². The van der Waals surface area contributed by atoms with Gasteiger partial charge < -0.3 is 16.2 Å². The molecule has 19 heavy (non-hydrogen) atoms. The summed E-state index contributed by atoms with van der Waals surface area (Å²) < 4.78 is 0. The Hall–Kier alpha value is -1.10. The summed E-state index contributed by atoms with van der Waals surface area (Å²) in [5, 5.41) is 12.4. The predicted octanol–water partition coefficient (Wildman–Crippen LogP) is 1.41. The highest BCUT2D eigenvalue weighted by Crippen LogP contribution is 2.37. The molecule has 0 bridgehead atoms. The fourth-order valence-corrected chi connectivity index (χ4v) is 3.36. The van der Waals surface area contributed by atoms with Crippen LogP contribution in [0.25, 0.3) is 0 Å². The van der Waals surface area contributed by atoms with Gasteiger partial charge in [-0.1, -0.05) is 25.7 Å². The minimum atomic E-state index is -0.858. The van der Waals surface area contributed by atoms with Crippen molar-refractivity contribution >= 4 is 11.9 Å². The molecule has 2 rings (SSSR count). The lowest BCUT2D eigenvalue weighted by atomic mass is 9.71. The van der Waals surface area contributed by atoms with E-state index in [9.17, 15) is 14.7 Å². The van der Waals surface area contributed by atoms with Crippen LogP contribution >= 0.6 is 0 Å². The van der Waals surface area contributed by atoms with Gasteiger partial charge in [-0.2, -0.15) is 0 Å². The topological polar surface area (TPSA) is 92.4 Å². The van der Waals surface area contributed by atoms with Crippen LogP contribution in [-0.4, -0.2) is 28.6 Å². The molecule has 2 atom stereocenters. The van der Waals surface area contributed by atoms with Gasteiger partial charge >= 0.3 is 5.97 Å². The van der Waals surface area contributed by atoms with Crippen molar-refractivity contribution in [2.45, 2.75) is 69.9 Å². The molecule has 0 aromatic rings. The van der Waals surface area contributed by atoms with Crippen LogP contribution in [0.5, 0.6) is 0 Å². The molecule has 1 amide bonds. The molecule has 0 heterocycles. The number of hydrogen-bond acceptors (Lipinski definition) is 3. The molecule has 0 saturated heterocycles. The van der Waals surface area contributed by atoms with Gasteiger partial charge in [-0.05, 0) is 32.6 Å². The number of aliphatic carboxylic acids is 1. The molecule has 0 aromatic heterocycles. The first-order chi connectivity index (χ1) is 8.88. The second-order valence-corrected chi connectivity index (χ2v) is 6.36. The number of nitrogens with two attached hydrogens (primary N) is 1. The van der Waals surface area contributed by atoms with Crippen molar-refractivity contribution in [2.24, 2.45) is 11.1 Å². The molecule has 5 heteroatoms. The first kappa shape index (κ1) is 14.3. The lowest BCUT2D eigenvalue weighted by Crippen LogP contribution is -2.59. The maximum atomic E-state index is 12.3. The summed E-state index contributed by atoms with van der Waals surface area (Å²) in [6.45, 7) is 1.73. The molecular formula is C14H24N2O3. The van der Waals surface area contributed by atoms with Crippen LogP contribution in [0, 0.1) is 5.41 Å². The molecule has 2 aliphatic carbocycles. The van der Waals surface area contributed by atoms with Crippen molar-refractivity contribution in [2.75, 3.05) is 0 Å². The normalized spacial score (nSPS) is 33.9. The number of carbonyl (C=O) groups excluding carboxylic acids is 1. The third kappa shape index (κ3) is 2.61. The zero-order valence-electron chi connectivity index (χ0n) is 11.6. The molecule has 0 aromatic carbocycles. The van der Waals surface area contributed by atoms with E-state index in [1.165, 1.54) is 0 Å². The standard InChI is InChI=1S/C14H24N2O3/c1-13(12(18)19)7-3-2-6-10(13)16-11(17)14(15)8-4-5-9-14/h10H,2-9,15H2,1H3,(H,16,17)(H,18,19). The Bertz CT molecular complexity index is 377. The monoisotopic (exact) mass is 268 g/mol. The Kier molecular flexibility index (Phi) is 3.85. The van der Waals surface area contributed by atoms with Gasteiger partial charge in [0.15, 0.2) is 0 Å². The number of nitrogens with one attached hydrogen (secondary N) is 1. The number of carboxylic acids is 1. The number of carboxylic acid groups (broad SMARTS) is 1. The average Bonchev–Trinajstić information content (AvgIpc) is 2.80. The van der Waals surface area contributed by atoms with E-state index in [4.69, 9.17) is 5.73 Å². The van der Waals surface area contributed by atoms with Gasteiger partial charge in [-0.15, -0.1) is 0 Å². The van der Waals surface area contributed by atoms with Crippen LogP contribution in [0.3, 0.4) is 0 Å². The van der Waals surface area contributed by atoms with E-state index in [1.807, 2.05) is 0 Å². The number of carbonyl (C=O) groups is 2. The lowest BCUT2D eigenvalue weighted by molar-refractivity contribution is -0.152. The Morgan fingerprint density at radius 2 is 1.74 bits per heavy atom. The van der Waals surface area contributed by atoms with Crippen LogP contribution in [0.2, 0.25) is 0 Å². The molecule has 2 aliphatic rings. The fourth-order valence-electron chi connectivity index (χ4n) is 3.36. The zero-order chi connectivity index (χ0) is 14.1.